The molecule has 12 heavy (non-hydrogen) atoms. The molecule has 0 unspecified atom stereocenters. The first kappa shape index (κ1) is 8.48. The summed E-state index contributed by atoms with van der Waals surface area (Å²) in [5.74, 6) is 0.535. The molecule has 70 valence electrons. The van der Waals surface area contributed by atoms with Crippen LogP contribution in [-0.4, -0.2) is 40.8 Å². The first-order valence-electron chi connectivity index (χ1n) is 4.80. The topological polar surface area (TPSA) is 49.5 Å². The molecule has 0 aromatic rings. The molecule has 0 aromatic heterocycles. The predicted octanol–water partition coefficient (Wildman–Crippen LogP) is -0.213. The van der Waals surface area contributed by atoms with Crippen LogP contribution >= 0.6 is 0 Å². The third kappa shape index (κ3) is 1.00. The van der Waals surface area contributed by atoms with Crippen molar-refractivity contribution in [2.45, 2.75) is 44.5 Å². The molecule has 1 aliphatic heterocycles. The van der Waals surface area contributed by atoms with Crippen molar-refractivity contribution in [3.63, 3.8) is 0 Å². The minimum atomic E-state index is -0.179. The Hall–Kier alpha value is -0.120. The highest BCUT2D eigenvalue weighted by Gasteiger charge is 2.50. The summed E-state index contributed by atoms with van der Waals surface area (Å²) in [5.41, 5.74) is 6.00. The summed E-state index contributed by atoms with van der Waals surface area (Å²) in [4.78, 5) is 2.34. The molecule has 1 saturated heterocycles. The molecule has 0 spiro atoms. The van der Waals surface area contributed by atoms with Crippen LogP contribution in [0.25, 0.3) is 0 Å². The molecule has 4 atom stereocenters. The van der Waals surface area contributed by atoms with Gasteiger partial charge in [-0.2, -0.15) is 0 Å². The zero-order valence-electron chi connectivity index (χ0n) is 7.77. The zero-order chi connectivity index (χ0) is 8.88. The number of rotatable bonds is 1. The average molecular weight is 170 g/mol. The molecular formula is C9H18N2O. The van der Waals surface area contributed by atoms with E-state index in [1.54, 1.807) is 0 Å². The lowest BCUT2D eigenvalue weighted by molar-refractivity contribution is 0.0390. The van der Waals surface area contributed by atoms with E-state index in [0.717, 1.165) is 13.0 Å². The number of hydrogen-bond donors (Lipinski definition) is 2. The lowest BCUT2D eigenvalue weighted by Gasteiger charge is -2.33. The highest BCUT2D eigenvalue weighted by molar-refractivity contribution is 5.07. The van der Waals surface area contributed by atoms with E-state index in [4.69, 9.17) is 5.73 Å². The minimum Gasteiger partial charge on any atom is -0.391 e. The van der Waals surface area contributed by atoms with E-state index in [9.17, 15) is 5.11 Å². The molecule has 3 nitrogen and oxygen atoms in total. The van der Waals surface area contributed by atoms with Crippen LogP contribution in [0.3, 0.4) is 0 Å². The van der Waals surface area contributed by atoms with Gasteiger partial charge in [-0.15, -0.1) is 0 Å². The summed E-state index contributed by atoms with van der Waals surface area (Å²) in [5, 5.41) is 9.69. The van der Waals surface area contributed by atoms with Gasteiger partial charge in [0.1, 0.15) is 0 Å². The molecule has 2 aliphatic rings. The monoisotopic (exact) mass is 170 g/mol. The standard InChI is InChI=1S/C9H18N2O/c1-5(2)11-4-6-3-7(12)9(11)8(6)10/h5-9,12H,3-4,10H2,1-2H3/t6-,7-,8-,9-/m1/s1. The van der Waals surface area contributed by atoms with Crippen LogP contribution in [-0.2, 0) is 0 Å². The Morgan fingerprint density at radius 1 is 1.50 bits per heavy atom. The van der Waals surface area contributed by atoms with E-state index in [-0.39, 0.29) is 18.2 Å². The Bertz CT molecular complexity index is 183. The fourth-order valence-electron chi connectivity index (χ4n) is 2.73. The maximum atomic E-state index is 9.69. The first-order chi connectivity index (χ1) is 5.61. The summed E-state index contributed by atoms with van der Waals surface area (Å²) in [6, 6.07) is 0.957. The third-order valence-corrected chi connectivity index (χ3v) is 3.37. The number of hydrogen-bond acceptors (Lipinski definition) is 3. The number of nitrogens with zero attached hydrogens (tertiary/aromatic N) is 1. The average Bonchev–Trinajstić information content (AvgIpc) is 2.42. The van der Waals surface area contributed by atoms with Crippen LogP contribution in [0.1, 0.15) is 20.3 Å². The second-order valence-electron chi connectivity index (χ2n) is 4.42. The first-order valence-corrected chi connectivity index (χ1v) is 4.80. The van der Waals surface area contributed by atoms with Gasteiger partial charge in [-0.1, -0.05) is 0 Å². The predicted molar refractivity (Wildman–Crippen MR) is 47.7 cm³/mol. The van der Waals surface area contributed by atoms with Crippen LogP contribution < -0.4 is 5.73 Å². The Morgan fingerprint density at radius 2 is 2.17 bits per heavy atom. The molecule has 1 aliphatic carbocycles. The highest BCUT2D eigenvalue weighted by atomic mass is 16.3. The van der Waals surface area contributed by atoms with Crippen LogP contribution in [0.15, 0.2) is 0 Å². The SMILES string of the molecule is CC(C)N1C[C@H]2C[C@@H](O)[C@@H]1[C@@H]2N. The Labute approximate surface area is 73.5 Å². The summed E-state index contributed by atoms with van der Waals surface area (Å²) in [7, 11) is 0. The number of nitrogens with two attached hydrogens (primary N) is 1. The van der Waals surface area contributed by atoms with Crippen molar-refractivity contribution in [3.8, 4) is 0 Å². The van der Waals surface area contributed by atoms with E-state index in [0.29, 0.717) is 12.0 Å². The van der Waals surface area contributed by atoms with Gasteiger partial charge in [0.25, 0.3) is 0 Å². The molecule has 2 bridgehead atoms. The zero-order valence-corrected chi connectivity index (χ0v) is 7.77. The third-order valence-electron chi connectivity index (χ3n) is 3.37. The van der Waals surface area contributed by atoms with Crippen molar-refractivity contribution in [3.05, 3.63) is 0 Å². The highest BCUT2D eigenvalue weighted by Crippen LogP contribution is 2.37. The second kappa shape index (κ2) is 2.69. The van der Waals surface area contributed by atoms with E-state index in [1.807, 2.05) is 0 Å². The van der Waals surface area contributed by atoms with E-state index < -0.39 is 0 Å². The molecule has 1 heterocycles. The summed E-state index contributed by atoms with van der Waals surface area (Å²) >= 11 is 0. The van der Waals surface area contributed by atoms with Crippen LogP contribution in [0, 0.1) is 5.92 Å². The lowest BCUT2D eigenvalue weighted by atomic mass is 10.1. The minimum absolute atomic E-state index is 0.179. The Morgan fingerprint density at radius 3 is 2.50 bits per heavy atom. The second-order valence-corrected chi connectivity index (χ2v) is 4.42. The van der Waals surface area contributed by atoms with Crippen molar-refractivity contribution in [1.82, 2.24) is 4.90 Å². The van der Waals surface area contributed by atoms with Crippen LogP contribution in [0.4, 0.5) is 0 Å². The maximum absolute atomic E-state index is 9.69. The van der Waals surface area contributed by atoms with Crippen LogP contribution in [0.2, 0.25) is 0 Å². The fraction of sp³-hybridized carbons (Fsp3) is 1.00. The van der Waals surface area contributed by atoms with Gasteiger partial charge in [-0.25, -0.2) is 0 Å². The summed E-state index contributed by atoms with van der Waals surface area (Å²) in [6.45, 7) is 5.42. The smallest absolute Gasteiger partial charge is 0.0714 e. The lowest BCUT2D eigenvalue weighted by Crippen LogP contribution is -2.48. The van der Waals surface area contributed by atoms with Gasteiger partial charge in [0, 0.05) is 18.6 Å². The van der Waals surface area contributed by atoms with Crippen molar-refractivity contribution in [1.29, 1.82) is 0 Å². The molecule has 2 fully saturated rings. The molecular weight excluding hydrogens is 152 g/mol. The van der Waals surface area contributed by atoms with Gasteiger partial charge in [-0.3, -0.25) is 4.90 Å². The number of aliphatic hydroxyl groups is 1. The molecule has 3 N–H and O–H groups in total. The van der Waals surface area contributed by atoms with Gasteiger partial charge in [0.05, 0.1) is 12.1 Å². The van der Waals surface area contributed by atoms with Gasteiger partial charge < -0.3 is 10.8 Å². The molecule has 0 amide bonds. The number of likely N-dealkylation sites (tertiary alicyclic amines) is 1. The Kier molecular flexibility index (Phi) is 1.90. The van der Waals surface area contributed by atoms with Crippen molar-refractivity contribution < 1.29 is 5.11 Å². The molecule has 0 aromatic carbocycles. The van der Waals surface area contributed by atoms with Crippen molar-refractivity contribution in [2.24, 2.45) is 11.7 Å². The van der Waals surface area contributed by atoms with Gasteiger partial charge in [0.2, 0.25) is 0 Å². The largest absolute Gasteiger partial charge is 0.391 e. The normalized spacial score (nSPS) is 47.8. The van der Waals surface area contributed by atoms with E-state index >= 15 is 0 Å². The number of fused-ring (bicyclic) bond motifs is 2. The maximum Gasteiger partial charge on any atom is 0.0714 e. The van der Waals surface area contributed by atoms with Gasteiger partial charge in [-0.05, 0) is 26.2 Å². The van der Waals surface area contributed by atoms with Crippen molar-refractivity contribution in [2.75, 3.05) is 6.54 Å². The number of piperidine rings is 1. The van der Waals surface area contributed by atoms with Gasteiger partial charge in [0.15, 0.2) is 0 Å². The summed E-state index contributed by atoms with van der Waals surface area (Å²) in [6.07, 6.45) is 0.732. The van der Waals surface area contributed by atoms with Gasteiger partial charge >= 0.3 is 0 Å². The van der Waals surface area contributed by atoms with E-state index in [1.165, 1.54) is 0 Å². The molecule has 1 saturated carbocycles. The fourth-order valence-corrected chi connectivity index (χ4v) is 2.73. The molecule has 2 rings (SSSR count). The van der Waals surface area contributed by atoms with E-state index in [2.05, 4.69) is 18.7 Å². The summed E-state index contributed by atoms with van der Waals surface area (Å²) < 4.78 is 0. The van der Waals surface area contributed by atoms with Crippen LogP contribution in [0.5, 0.6) is 0 Å². The molecule has 0 radical (unpaired) electrons. The quantitative estimate of drug-likeness (QED) is 0.572. The Balaban J connectivity index is 2.14. The van der Waals surface area contributed by atoms with Crippen molar-refractivity contribution >= 4 is 0 Å². The number of aliphatic hydroxyl groups excluding tert-OH is 1. The molecule has 3 heteroatoms.